The van der Waals surface area contributed by atoms with Crippen LogP contribution >= 0.6 is 0 Å². The fourth-order valence-corrected chi connectivity index (χ4v) is 2.53. The van der Waals surface area contributed by atoms with Crippen LogP contribution < -0.4 is 11.1 Å². The number of primary amides is 1. The number of hydrogen-bond donors (Lipinski definition) is 2. The summed E-state index contributed by atoms with van der Waals surface area (Å²) in [7, 11) is 0. The van der Waals surface area contributed by atoms with Crippen molar-refractivity contribution in [3.63, 3.8) is 0 Å². The molecule has 1 aliphatic heterocycles. The highest BCUT2D eigenvalue weighted by atomic mass is 16.2. The summed E-state index contributed by atoms with van der Waals surface area (Å²) in [6, 6.07) is 8.25. The summed E-state index contributed by atoms with van der Waals surface area (Å²) in [6.07, 6.45) is 0.775. The number of hydrogen-bond acceptors (Lipinski definition) is 3. The van der Waals surface area contributed by atoms with Gasteiger partial charge in [0.15, 0.2) is 0 Å². The molecule has 2 rings (SSSR count). The molecule has 20 heavy (non-hydrogen) atoms. The summed E-state index contributed by atoms with van der Waals surface area (Å²) in [6.45, 7) is 4.16. The first-order valence-corrected chi connectivity index (χ1v) is 6.99. The molecule has 1 aromatic rings. The molecule has 1 atom stereocenters. The van der Waals surface area contributed by atoms with Crippen molar-refractivity contribution in [2.24, 2.45) is 5.73 Å². The second kappa shape index (κ2) is 6.52. The zero-order valence-electron chi connectivity index (χ0n) is 11.8. The van der Waals surface area contributed by atoms with Crippen molar-refractivity contribution < 1.29 is 9.59 Å². The molecule has 0 radical (unpaired) electrons. The van der Waals surface area contributed by atoms with Crippen LogP contribution in [-0.4, -0.2) is 36.3 Å². The molecular formula is C15H21N3O2. The van der Waals surface area contributed by atoms with E-state index in [-0.39, 0.29) is 18.4 Å². The minimum absolute atomic E-state index is 0.0264. The second-order valence-corrected chi connectivity index (χ2v) is 5.05. The maximum absolute atomic E-state index is 12.1. The molecule has 0 saturated carbocycles. The number of piperazine rings is 1. The van der Waals surface area contributed by atoms with E-state index in [2.05, 4.69) is 36.5 Å². The number of carbonyl (C=O) groups excluding carboxylic acids is 2. The molecule has 5 heteroatoms. The van der Waals surface area contributed by atoms with Crippen LogP contribution in [0.4, 0.5) is 0 Å². The number of carbonyl (C=O) groups is 2. The predicted octanol–water partition coefficient (Wildman–Crippen LogP) is 0.597. The molecule has 1 unspecified atom stereocenters. The fraction of sp³-hybridized carbons (Fsp3) is 0.467. The van der Waals surface area contributed by atoms with Gasteiger partial charge in [0.05, 0.1) is 6.04 Å². The van der Waals surface area contributed by atoms with Crippen molar-refractivity contribution in [2.45, 2.75) is 25.8 Å². The number of rotatable bonds is 4. The summed E-state index contributed by atoms with van der Waals surface area (Å²) in [5.41, 5.74) is 7.48. The topological polar surface area (TPSA) is 75.4 Å². The van der Waals surface area contributed by atoms with E-state index in [1.807, 2.05) is 0 Å². The molecule has 5 nitrogen and oxygen atoms in total. The molecule has 0 aromatic heterocycles. The van der Waals surface area contributed by atoms with Gasteiger partial charge in [0.2, 0.25) is 11.8 Å². The van der Waals surface area contributed by atoms with Gasteiger partial charge < -0.3 is 16.0 Å². The second-order valence-electron chi connectivity index (χ2n) is 5.05. The van der Waals surface area contributed by atoms with Crippen LogP contribution in [0.5, 0.6) is 0 Å². The quantitative estimate of drug-likeness (QED) is 0.790. The zero-order valence-corrected chi connectivity index (χ0v) is 11.8. The first kappa shape index (κ1) is 14.5. The Bertz CT molecular complexity index is 484. The third kappa shape index (κ3) is 3.36. The lowest BCUT2D eigenvalue weighted by Crippen LogP contribution is -2.49. The Balaban J connectivity index is 2.17. The van der Waals surface area contributed by atoms with Crippen LogP contribution in [0.25, 0.3) is 0 Å². The standard InChI is InChI=1S/C15H21N3O2/c1-2-11-3-5-12(6-4-11)13-10-17-7-8-18(13)15(20)9-14(16)19/h3-6,13,17H,2,7-10H2,1H3,(H2,16,19). The summed E-state index contributed by atoms with van der Waals surface area (Å²) in [5, 5.41) is 3.29. The highest BCUT2D eigenvalue weighted by Crippen LogP contribution is 2.23. The van der Waals surface area contributed by atoms with Gasteiger partial charge in [-0.25, -0.2) is 0 Å². The Kier molecular flexibility index (Phi) is 4.74. The summed E-state index contributed by atoms with van der Waals surface area (Å²) >= 11 is 0. The molecule has 3 N–H and O–H groups in total. The monoisotopic (exact) mass is 275 g/mol. The molecule has 1 aromatic carbocycles. The molecule has 1 aliphatic rings. The lowest BCUT2D eigenvalue weighted by Gasteiger charge is -2.36. The Morgan fingerprint density at radius 3 is 2.65 bits per heavy atom. The van der Waals surface area contributed by atoms with E-state index in [1.54, 1.807) is 4.90 Å². The highest BCUT2D eigenvalue weighted by Gasteiger charge is 2.28. The Morgan fingerprint density at radius 1 is 1.35 bits per heavy atom. The lowest BCUT2D eigenvalue weighted by molar-refractivity contribution is -0.137. The van der Waals surface area contributed by atoms with Gasteiger partial charge in [-0.1, -0.05) is 31.2 Å². The molecule has 108 valence electrons. The fourth-order valence-electron chi connectivity index (χ4n) is 2.53. The number of aryl methyl sites for hydroxylation is 1. The van der Waals surface area contributed by atoms with Gasteiger partial charge in [0, 0.05) is 19.6 Å². The van der Waals surface area contributed by atoms with Gasteiger partial charge in [-0.15, -0.1) is 0 Å². The Morgan fingerprint density at radius 2 is 2.05 bits per heavy atom. The summed E-state index contributed by atoms with van der Waals surface area (Å²) < 4.78 is 0. The average molecular weight is 275 g/mol. The van der Waals surface area contributed by atoms with Gasteiger partial charge in [-0.05, 0) is 17.5 Å². The lowest BCUT2D eigenvalue weighted by atomic mass is 10.0. The molecule has 1 fully saturated rings. The Hall–Kier alpha value is -1.88. The largest absolute Gasteiger partial charge is 0.369 e. The third-order valence-corrected chi connectivity index (χ3v) is 3.66. The van der Waals surface area contributed by atoms with Crippen LogP contribution in [-0.2, 0) is 16.0 Å². The molecule has 0 bridgehead atoms. The highest BCUT2D eigenvalue weighted by molar-refractivity contribution is 5.96. The van der Waals surface area contributed by atoms with Crippen LogP contribution in [0.3, 0.4) is 0 Å². The van der Waals surface area contributed by atoms with Crippen LogP contribution in [0, 0.1) is 0 Å². The number of nitrogens with zero attached hydrogens (tertiary/aromatic N) is 1. The van der Waals surface area contributed by atoms with Crippen molar-refractivity contribution in [1.29, 1.82) is 0 Å². The van der Waals surface area contributed by atoms with Gasteiger partial charge in [0.25, 0.3) is 0 Å². The first-order chi connectivity index (χ1) is 9.61. The average Bonchev–Trinajstić information content (AvgIpc) is 2.46. The Labute approximate surface area is 119 Å². The van der Waals surface area contributed by atoms with Crippen molar-refractivity contribution in [2.75, 3.05) is 19.6 Å². The molecule has 0 aliphatic carbocycles. The van der Waals surface area contributed by atoms with Crippen molar-refractivity contribution in [3.05, 3.63) is 35.4 Å². The van der Waals surface area contributed by atoms with Gasteiger partial charge >= 0.3 is 0 Å². The van der Waals surface area contributed by atoms with Crippen molar-refractivity contribution >= 4 is 11.8 Å². The van der Waals surface area contributed by atoms with E-state index < -0.39 is 5.91 Å². The van der Waals surface area contributed by atoms with E-state index in [9.17, 15) is 9.59 Å². The third-order valence-electron chi connectivity index (χ3n) is 3.66. The van der Waals surface area contributed by atoms with Crippen molar-refractivity contribution in [3.8, 4) is 0 Å². The van der Waals surface area contributed by atoms with E-state index in [0.29, 0.717) is 13.1 Å². The molecule has 1 heterocycles. The van der Waals surface area contributed by atoms with E-state index >= 15 is 0 Å². The zero-order chi connectivity index (χ0) is 14.5. The first-order valence-electron chi connectivity index (χ1n) is 6.99. The van der Waals surface area contributed by atoms with Crippen LogP contribution in [0.2, 0.25) is 0 Å². The maximum atomic E-state index is 12.1. The SMILES string of the molecule is CCc1ccc(C2CNCCN2C(=O)CC(N)=O)cc1. The predicted molar refractivity (Wildman–Crippen MR) is 77.0 cm³/mol. The summed E-state index contributed by atoms with van der Waals surface area (Å²) in [4.78, 5) is 24.8. The molecular weight excluding hydrogens is 254 g/mol. The molecule has 2 amide bonds. The minimum atomic E-state index is -0.575. The van der Waals surface area contributed by atoms with E-state index in [0.717, 1.165) is 18.5 Å². The van der Waals surface area contributed by atoms with Gasteiger partial charge in [0.1, 0.15) is 6.42 Å². The van der Waals surface area contributed by atoms with Crippen LogP contribution in [0.1, 0.15) is 30.5 Å². The number of amides is 2. The normalized spacial score (nSPS) is 18.9. The van der Waals surface area contributed by atoms with Crippen LogP contribution in [0.15, 0.2) is 24.3 Å². The summed E-state index contributed by atoms with van der Waals surface area (Å²) in [5.74, 6) is -0.766. The van der Waals surface area contributed by atoms with E-state index in [4.69, 9.17) is 5.73 Å². The minimum Gasteiger partial charge on any atom is -0.369 e. The van der Waals surface area contributed by atoms with Crippen molar-refractivity contribution in [1.82, 2.24) is 10.2 Å². The smallest absolute Gasteiger partial charge is 0.232 e. The number of benzene rings is 1. The van der Waals surface area contributed by atoms with Gasteiger partial charge in [-0.2, -0.15) is 0 Å². The molecule has 1 saturated heterocycles. The number of nitrogens with one attached hydrogen (secondary N) is 1. The van der Waals surface area contributed by atoms with E-state index in [1.165, 1.54) is 5.56 Å². The van der Waals surface area contributed by atoms with Gasteiger partial charge in [-0.3, -0.25) is 9.59 Å². The maximum Gasteiger partial charge on any atom is 0.232 e. The number of nitrogens with two attached hydrogens (primary N) is 1. The molecule has 0 spiro atoms.